The number of hydrogen-bond acceptors (Lipinski definition) is 3. The van der Waals surface area contributed by atoms with Crippen LogP contribution in [0.2, 0.25) is 0 Å². The molecule has 0 bridgehead atoms. The van der Waals surface area contributed by atoms with Crippen LogP contribution in [0.5, 0.6) is 5.75 Å². The Morgan fingerprint density at radius 2 is 1.38 bits per heavy atom. The standard InChI is InChI=1S/C21H30N2O/c1-3-18-6-8-19(9-7-18)16-23(4-2)17-20-10-12-21(13-11-20)24-15-5-14-22/h6-13H,3-5,14-17,22H2,1-2H3. The van der Waals surface area contributed by atoms with Crippen molar-refractivity contribution >= 4 is 0 Å². The van der Waals surface area contributed by atoms with Gasteiger partial charge in [-0.3, -0.25) is 4.90 Å². The first-order valence-corrected chi connectivity index (χ1v) is 8.97. The molecule has 0 spiro atoms. The number of benzene rings is 2. The maximum atomic E-state index is 5.66. The fourth-order valence-electron chi connectivity index (χ4n) is 2.64. The van der Waals surface area contributed by atoms with E-state index in [1.165, 1.54) is 16.7 Å². The summed E-state index contributed by atoms with van der Waals surface area (Å²) in [6, 6.07) is 17.4. The summed E-state index contributed by atoms with van der Waals surface area (Å²) >= 11 is 0. The Morgan fingerprint density at radius 1 is 0.833 bits per heavy atom. The van der Waals surface area contributed by atoms with E-state index >= 15 is 0 Å². The first-order chi connectivity index (χ1) is 11.7. The molecule has 3 heteroatoms. The van der Waals surface area contributed by atoms with E-state index < -0.39 is 0 Å². The fourth-order valence-corrected chi connectivity index (χ4v) is 2.64. The van der Waals surface area contributed by atoms with Crippen molar-refractivity contribution in [2.24, 2.45) is 5.73 Å². The molecule has 0 unspecified atom stereocenters. The van der Waals surface area contributed by atoms with Crippen LogP contribution in [0.4, 0.5) is 0 Å². The van der Waals surface area contributed by atoms with Crippen LogP contribution in [0.3, 0.4) is 0 Å². The van der Waals surface area contributed by atoms with E-state index in [4.69, 9.17) is 10.5 Å². The molecule has 130 valence electrons. The third-order valence-corrected chi connectivity index (χ3v) is 4.23. The van der Waals surface area contributed by atoms with E-state index in [1.807, 2.05) is 0 Å². The molecule has 0 heterocycles. The molecule has 2 N–H and O–H groups in total. The minimum atomic E-state index is 0.669. The van der Waals surface area contributed by atoms with Crippen molar-refractivity contribution < 1.29 is 4.74 Å². The summed E-state index contributed by atoms with van der Waals surface area (Å²) in [6.45, 7) is 8.73. The van der Waals surface area contributed by atoms with E-state index in [9.17, 15) is 0 Å². The zero-order valence-corrected chi connectivity index (χ0v) is 15.0. The molecule has 2 aromatic carbocycles. The van der Waals surface area contributed by atoms with Gasteiger partial charge in [0.05, 0.1) is 6.61 Å². The molecule has 24 heavy (non-hydrogen) atoms. The molecule has 0 radical (unpaired) electrons. The van der Waals surface area contributed by atoms with Crippen molar-refractivity contribution in [2.45, 2.75) is 39.8 Å². The Bertz CT molecular complexity index is 578. The normalized spacial score (nSPS) is 11.0. The highest BCUT2D eigenvalue weighted by atomic mass is 16.5. The van der Waals surface area contributed by atoms with Crippen LogP contribution < -0.4 is 10.5 Å². The monoisotopic (exact) mass is 326 g/mol. The molecule has 0 aliphatic heterocycles. The minimum Gasteiger partial charge on any atom is -0.494 e. The largest absolute Gasteiger partial charge is 0.494 e. The lowest BCUT2D eigenvalue weighted by atomic mass is 10.1. The molecule has 0 saturated heterocycles. The van der Waals surface area contributed by atoms with Gasteiger partial charge in [0.25, 0.3) is 0 Å². The number of aryl methyl sites for hydroxylation is 1. The Kier molecular flexibility index (Phi) is 7.80. The molecule has 2 rings (SSSR count). The van der Waals surface area contributed by atoms with Crippen LogP contribution in [0.1, 0.15) is 37.0 Å². The van der Waals surface area contributed by atoms with Crippen molar-refractivity contribution in [2.75, 3.05) is 19.7 Å². The second-order valence-corrected chi connectivity index (χ2v) is 6.11. The van der Waals surface area contributed by atoms with Gasteiger partial charge in [-0.25, -0.2) is 0 Å². The Morgan fingerprint density at radius 3 is 1.88 bits per heavy atom. The molecule has 0 aromatic heterocycles. The van der Waals surface area contributed by atoms with E-state index in [2.05, 4.69) is 67.3 Å². The van der Waals surface area contributed by atoms with Crippen LogP contribution >= 0.6 is 0 Å². The van der Waals surface area contributed by atoms with E-state index in [-0.39, 0.29) is 0 Å². The highest BCUT2D eigenvalue weighted by Gasteiger charge is 2.06. The van der Waals surface area contributed by atoms with Gasteiger partial charge in [-0.1, -0.05) is 50.2 Å². The highest BCUT2D eigenvalue weighted by molar-refractivity contribution is 5.27. The number of nitrogens with zero attached hydrogens (tertiary/aromatic N) is 1. The highest BCUT2D eigenvalue weighted by Crippen LogP contribution is 2.15. The number of hydrogen-bond donors (Lipinski definition) is 1. The third kappa shape index (κ3) is 5.99. The van der Waals surface area contributed by atoms with Crippen molar-refractivity contribution in [1.29, 1.82) is 0 Å². The molecule has 2 aromatic rings. The second kappa shape index (κ2) is 10.1. The first-order valence-electron chi connectivity index (χ1n) is 8.97. The summed E-state index contributed by atoms with van der Waals surface area (Å²) in [5.74, 6) is 0.922. The van der Waals surface area contributed by atoms with Crippen molar-refractivity contribution in [3.63, 3.8) is 0 Å². The van der Waals surface area contributed by atoms with Gasteiger partial charge in [0.2, 0.25) is 0 Å². The van der Waals surface area contributed by atoms with Gasteiger partial charge in [0.15, 0.2) is 0 Å². The summed E-state index contributed by atoms with van der Waals surface area (Å²) in [5, 5.41) is 0. The maximum absolute atomic E-state index is 5.66. The molecule has 0 aliphatic carbocycles. The predicted octanol–water partition coefficient (Wildman–Crippen LogP) is 4.00. The average Bonchev–Trinajstić information content (AvgIpc) is 2.63. The zero-order valence-electron chi connectivity index (χ0n) is 15.0. The molecule has 0 atom stereocenters. The molecule has 0 fully saturated rings. The third-order valence-electron chi connectivity index (χ3n) is 4.23. The van der Waals surface area contributed by atoms with E-state index in [0.29, 0.717) is 13.2 Å². The SMILES string of the molecule is CCc1ccc(CN(CC)Cc2ccc(OCCCN)cc2)cc1. The maximum Gasteiger partial charge on any atom is 0.119 e. The number of rotatable bonds is 10. The van der Waals surface area contributed by atoms with Crippen LogP contribution in [-0.4, -0.2) is 24.6 Å². The molecular weight excluding hydrogens is 296 g/mol. The van der Waals surface area contributed by atoms with Gasteiger partial charge in [-0.05, 0) is 54.8 Å². The average molecular weight is 326 g/mol. The molecule has 0 saturated carbocycles. The predicted molar refractivity (Wildman–Crippen MR) is 101 cm³/mol. The van der Waals surface area contributed by atoms with Gasteiger partial charge >= 0.3 is 0 Å². The lowest BCUT2D eigenvalue weighted by molar-refractivity contribution is 0.271. The van der Waals surface area contributed by atoms with Crippen LogP contribution in [0.15, 0.2) is 48.5 Å². The second-order valence-electron chi connectivity index (χ2n) is 6.11. The lowest BCUT2D eigenvalue weighted by Crippen LogP contribution is -2.22. The Hall–Kier alpha value is -1.84. The molecule has 0 amide bonds. The van der Waals surface area contributed by atoms with Crippen molar-refractivity contribution in [1.82, 2.24) is 4.90 Å². The van der Waals surface area contributed by atoms with Crippen LogP contribution in [-0.2, 0) is 19.5 Å². The van der Waals surface area contributed by atoms with E-state index in [0.717, 1.165) is 38.2 Å². The topological polar surface area (TPSA) is 38.5 Å². The molecule has 0 aliphatic rings. The quantitative estimate of drug-likeness (QED) is 0.671. The molecular formula is C21H30N2O. The van der Waals surface area contributed by atoms with Gasteiger partial charge in [-0.15, -0.1) is 0 Å². The minimum absolute atomic E-state index is 0.669. The Labute approximate surface area is 146 Å². The summed E-state index contributed by atoms with van der Waals surface area (Å²) < 4.78 is 5.66. The van der Waals surface area contributed by atoms with Gasteiger partial charge in [0.1, 0.15) is 5.75 Å². The van der Waals surface area contributed by atoms with Gasteiger partial charge in [0, 0.05) is 13.1 Å². The van der Waals surface area contributed by atoms with Gasteiger partial charge < -0.3 is 10.5 Å². The van der Waals surface area contributed by atoms with Crippen LogP contribution in [0, 0.1) is 0 Å². The number of nitrogens with two attached hydrogens (primary N) is 1. The van der Waals surface area contributed by atoms with Gasteiger partial charge in [-0.2, -0.15) is 0 Å². The smallest absolute Gasteiger partial charge is 0.119 e. The number of ether oxygens (including phenoxy) is 1. The van der Waals surface area contributed by atoms with Crippen molar-refractivity contribution in [3.05, 3.63) is 65.2 Å². The first kappa shape index (κ1) is 18.5. The van der Waals surface area contributed by atoms with E-state index in [1.54, 1.807) is 0 Å². The summed E-state index contributed by atoms with van der Waals surface area (Å²) in [7, 11) is 0. The zero-order chi connectivity index (χ0) is 17.2. The Balaban J connectivity index is 1.89. The summed E-state index contributed by atoms with van der Waals surface area (Å²) in [5.41, 5.74) is 9.56. The lowest BCUT2D eigenvalue weighted by Gasteiger charge is -2.21. The molecule has 3 nitrogen and oxygen atoms in total. The van der Waals surface area contributed by atoms with Crippen molar-refractivity contribution in [3.8, 4) is 5.75 Å². The fraction of sp³-hybridized carbons (Fsp3) is 0.429. The summed E-state index contributed by atoms with van der Waals surface area (Å²) in [4.78, 5) is 2.45. The van der Waals surface area contributed by atoms with Crippen LogP contribution in [0.25, 0.3) is 0 Å². The summed E-state index contributed by atoms with van der Waals surface area (Å²) in [6.07, 6.45) is 1.99.